The number of nitrogens with two attached hydrogens (primary N) is 1. The fourth-order valence-corrected chi connectivity index (χ4v) is 1.60. The highest BCUT2D eigenvalue weighted by Gasteiger charge is 2.20. The average molecular weight is 351 g/mol. The lowest BCUT2D eigenvalue weighted by atomic mass is 9.89. The molecule has 0 atom stereocenters. The van der Waals surface area contributed by atoms with E-state index in [1.807, 2.05) is 20.8 Å². The number of hydrogen-bond acceptors (Lipinski definition) is 7. The minimum atomic E-state index is -0.293. The molecule has 0 radical (unpaired) electrons. The van der Waals surface area contributed by atoms with Crippen LogP contribution in [0.3, 0.4) is 0 Å². The predicted octanol–water partition coefficient (Wildman–Crippen LogP) is 1.28. The Hall–Kier alpha value is -0.570. The van der Waals surface area contributed by atoms with Crippen molar-refractivity contribution in [3.8, 4) is 0 Å². The summed E-state index contributed by atoms with van der Waals surface area (Å²) in [6, 6.07) is 0. The Kier molecular flexibility index (Phi) is 15.6. The Labute approximate surface area is 147 Å². The molecule has 24 heavy (non-hydrogen) atoms. The Morgan fingerprint density at radius 3 is 1.38 bits per heavy atom. The van der Waals surface area contributed by atoms with Crippen LogP contribution < -0.4 is 5.73 Å². The molecule has 0 spiro atoms. The molecule has 2 N–H and O–H groups in total. The van der Waals surface area contributed by atoms with E-state index >= 15 is 0 Å². The van der Waals surface area contributed by atoms with Gasteiger partial charge in [0.05, 0.1) is 66.1 Å². The standard InChI is InChI=1S/C17H35NO6.H2/c1-17(2,3)16(19)4-6-20-8-10-22-12-14-24-15-13-23-11-9-21-7-5-18;/h4-15,18H2,1-3H3;1H. The normalized spacial score (nSPS) is 11.8. The third-order valence-electron chi connectivity index (χ3n) is 3.06. The van der Waals surface area contributed by atoms with Gasteiger partial charge in [0.1, 0.15) is 5.78 Å². The topological polar surface area (TPSA) is 89.2 Å². The minimum absolute atomic E-state index is 0. The van der Waals surface area contributed by atoms with Gasteiger partial charge in [-0.3, -0.25) is 4.79 Å². The molecular weight excluding hydrogens is 314 g/mol. The first-order valence-electron chi connectivity index (χ1n) is 8.60. The SMILES string of the molecule is CC(C)(C)C(=O)CCOCCOCCOCCOCCOCCN.[HH]. The van der Waals surface area contributed by atoms with Crippen LogP contribution in [-0.2, 0) is 28.5 Å². The first-order valence-corrected chi connectivity index (χ1v) is 8.60. The van der Waals surface area contributed by atoms with Gasteiger partial charge in [-0.15, -0.1) is 0 Å². The molecule has 0 amide bonds. The lowest BCUT2D eigenvalue weighted by Crippen LogP contribution is -2.22. The van der Waals surface area contributed by atoms with Crippen molar-refractivity contribution in [3.05, 3.63) is 0 Å². The molecule has 0 fully saturated rings. The maximum absolute atomic E-state index is 11.7. The van der Waals surface area contributed by atoms with Crippen LogP contribution in [0.15, 0.2) is 0 Å². The molecule has 0 heterocycles. The largest absolute Gasteiger partial charge is 0.379 e. The molecular formula is C17H37NO6. The number of ether oxygens (including phenoxy) is 5. The minimum Gasteiger partial charge on any atom is -0.379 e. The maximum atomic E-state index is 11.7. The third kappa shape index (κ3) is 16.3. The van der Waals surface area contributed by atoms with Crippen molar-refractivity contribution < 1.29 is 29.9 Å². The summed E-state index contributed by atoms with van der Waals surface area (Å²) in [5.41, 5.74) is 5.00. The summed E-state index contributed by atoms with van der Waals surface area (Å²) < 4.78 is 26.6. The van der Waals surface area contributed by atoms with E-state index < -0.39 is 0 Å². The maximum Gasteiger partial charge on any atom is 0.140 e. The lowest BCUT2D eigenvalue weighted by molar-refractivity contribution is -0.127. The van der Waals surface area contributed by atoms with Gasteiger partial charge >= 0.3 is 0 Å². The highest BCUT2D eigenvalue weighted by Crippen LogP contribution is 2.16. The van der Waals surface area contributed by atoms with E-state index in [-0.39, 0.29) is 12.6 Å². The number of hydrogen-bond donors (Lipinski definition) is 1. The van der Waals surface area contributed by atoms with E-state index in [4.69, 9.17) is 29.4 Å². The predicted molar refractivity (Wildman–Crippen MR) is 94.3 cm³/mol. The lowest BCUT2D eigenvalue weighted by Gasteiger charge is -2.16. The number of carbonyl (C=O) groups excluding carboxylic acids is 1. The first-order chi connectivity index (χ1) is 11.5. The van der Waals surface area contributed by atoms with E-state index in [0.29, 0.717) is 79.0 Å². The van der Waals surface area contributed by atoms with Gasteiger partial charge in [-0.05, 0) is 0 Å². The van der Waals surface area contributed by atoms with E-state index in [9.17, 15) is 4.79 Å². The zero-order chi connectivity index (χ0) is 18.1. The zero-order valence-corrected chi connectivity index (χ0v) is 15.5. The van der Waals surface area contributed by atoms with Crippen molar-refractivity contribution in [3.63, 3.8) is 0 Å². The zero-order valence-electron chi connectivity index (χ0n) is 15.5. The van der Waals surface area contributed by atoms with Gasteiger partial charge in [-0.2, -0.15) is 0 Å². The Balaban J connectivity index is 0. The van der Waals surface area contributed by atoms with Gasteiger partial charge in [0, 0.05) is 19.8 Å². The van der Waals surface area contributed by atoms with Crippen molar-refractivity contribution in [2.75, 3.05) is 72.6 Å². The van der Waals surface area contributed by atoms with Gasteiger partial charge in [-0.1, -0.05) is 20.8 Å². The summed E-state index contributed by atoms with van der Waals surface area (Å²) >= 11 is 0. The van der Waals surface area contributed by atoms with Crippen molar-refractivity contribution in [1.82, 2.24) is 0 Å². The highest BCUT2D eigenvalue weighted by atomic mass is 16.6. The van der Waals surface area contributed by atoms with Crippen LogP contribution in [0.25, 0.3) is 0 Å². The molecule has 0 aliphatic heterocycles. The third-order valence-corrected chi connectivity index (χ3v) is 3.06. The van der Waals surface area contributed by atoms with E-state index in [1.165, 1.54) is 0 Å². The molecule has 7 heteroatoms. The highest BCUT2D eigenvalue weighted by molar-refractivity contribution is 5.83. The van der Waals surface area contributed by atoms with Gasteiger partial charge in [-0.25, -0.2) is 0 Å². The van der Waals surface area contributed by atoms with Crippen LogP contribution >= 0.6 is 0 Å². The van der Waals surface area contributed by atoms with Crippen LogP contribution in [0.4, 0.5) is 0 Å². The smallest absolute Gasteiger partial charge is 0.140 e. The van der Waals surface area contributed by atoms with E-state index in [2.05, 4.69) is 0 Å². The van der Waals surface area contributed by atoms with Crippen LogP contribution in [0.5, 0.6) is 0 Å². The summed E-state index contributed by atoms with van der Waals surface area (Å²) in [6.45, 7) is 11.5. The molecule has 0 bridgehead atoms. The Morgan fingerprint density at radius 2 is 1.04 bits per heavy atom. The van der Waals surface area contributed by atoms with Gasteiger partial charge in [0.15, 0.2) is 0 Å². The van der Waals surface area contributed by atoms with E-state index in [1.54, 1.807) is 0 Å². The van der Waals surface area contributed by atoms with Gasteiger partial charge in [0.2, 0.25) is 0 Å². The van der Waals surface area contributed by atoms with Crippen molar-refractivity contribution >= 4 is 5.78 Å². The number of ketones is 1. The summed E-state index contributed by atoms with van der Waals surface area (Å²) in [5, 5.41) is 0. The second-order valence-electron chi connectivity index (χ2n) is 6.27. The van der Waals surface area contributed by atoms with Crippen LogP contribution in [0, 0.1) is 5.41 Å². The molecule has 0 unspecified atom stereocenters. The van der Waals surface area contributed by atoms with E-state index in [0.717, 1.165) is 0 Å². The molecule has 0 aromatic heterocycles. The van der Waals surface area contributed by atoms with Crippen LogP contribution in [-0.4, -0.2) is 78.4 Å². The first kappa shape index (κ1) is 23.4. The van der Waals surface area contributed by atoms with Gasteiger partial charge in [0.25, 0.3) is 0 Å². The Bertz CT molecular complexity index is 299. The monoisotopic (exact) mass is 351 g/mol. The number of Topliss-reactive ketones (excluding diaryl/α,β-unsaturated/α-hetero) is 1. The number of rotatable bonds is 17. The number of carbonyl (C=O) groups is 1. The summed E-state index contributed by atoms with van der Waals surface area (Å²) in [4.78, 5) is 11.7. The summed E-state index contributed by atoms with van der Waals surface area (Å²) in [5.74, 6) is 0.213. The van der Waals surface area contributed by atoms with Crippen LogP contribution in [0.1, 0.15) is 28.6 Å². The second kappa shape index (κ2) is 15.9. The molecule has 0 aromatic rings. The van der Waals surface area contributed by atoms with Crippen molar-refractivity contribution in [1.29, 1.82) is 0 Å². The molecule has 0 rings (SSSR count). The molecule has 0 saturated heterocycles. The quantitative estimate of drug-likeness (QED) is 0.395. The molecule has 146 valence electrons. The Morgan fingerprint density at radius 1 is 0.708 bits per heavy atom. The summed E-state index contributed by atoms with van der Waals surface area (Å²) in [6.07, 6.45) is 0.448. The second-order valence-corrected chi connectivity index (χ2v) is 6.27. The van der Waals surface area contributed by atoms with Crippen molar-refractivity contribution in [2.24, 2.45) is 11.1 Å². The molecule has 0 saturated carbocycles. The molecule has 0 aliphatic carbocycles. The van der Waals surface area contributed by atoms with Gasteiger partial charge < -0.3 is 29.4 Å². The average Bonchev–Trinajstić information content (AvgIpc) is 2.53. The summed E-state index contributed by atoms with van der Waals surface area (Å²) in [7, 11) is 0. The molecule has 7 nitrogen and oxygen atoms in total. The fourth-order valence-electron chi connectivity index (χ4n) is 1.60. The molecule has 0 aliphatic rings. The fraction of sp³-hybridized carbons (Fsp3) is 0.941. The van der Waals surface area contributed by atoms with Crippen LogP contribution in [0.2, 0.25) is 0 Å². The van der Waals surface area contributed by atoms with Crippen molar-refractivity contribution in [2.45, 2.75) is 27.2 Å². The molecule has 0 aromatic carbocycles.